The number of halogens is 1. The highest BCUT2D eigenvalue weighted by molar-refractivity contribution is 7.99. The summed E-state index contributed by atoms with van der Waals surface area (Å²) in [5.74, 6) is 0.00332. The highest BCUT2D eigenvalue weighted by Gasteiger charge is 2.27. The van der Waals surface area contributed by atoms with Crippen LogP contribution in [0.1, 0.15) is 22.8 Å². The molecule has 0 aromatic heterocycles. The molecule has 1 saturated heterocycles. The van der Waals surface area contributed by atoms with Gasteiger partial charge in [0.15, 0.2) is 0 Å². The Labute approximate surface area is 146 Å². The Kier molecular flexibility index (Phi) is 5.58. The van der Waals surface area contributed by atoms with Gasteiger partial charge in [0.1, 0.15) is 5.82 Å². The van der Waals surface area contributed by atoms with Crippen molar-refractivity contribution in [3.63, 3.8) is 0 Å². The highest BCUT2D eigenvalue weighted by atomic mass is 32.2. The van der Waals surface area contributed by atoms with Gasteiger partial charge in [-0.3, -0.25) is 0 Å². The minimum absolute atomic E-state index is 0.231. The molecule has 0 bridgehead atoms. The van der Waals surface area contributed by atoms with Gasteiger partial charge in [-0.05, 0) is 18.1 Å². The van der Waals surface area contributed by atoms with Gasteiger partial charge in [0.2, 0.25) is 10.0 Å². The molecule has 24 heavy (non-hydrogen) atoms. The quantitative estimate of drug-likeness (QED) is 0.826. The Bertz CT molecular complexity index is 781. The first-order valence-corrected chi connectivity index (χ1v) is 10.6. The molecule has 1 fully saturated rings. The lowest BCUT2D eigenvalue weighted by molar-refractivity contribution is 0.426. The predicted octanol–water partition coefficient (Wildman–Crippen LogP) is 3.84. The molecule has 2 aromatic carbocycles. The molecule has 0 radical (unpaired) electrons. The van der Waals surface area contributed by atoms with E-state index in [0.29, 0.717) is 18.3 Å². The molecule has 128 valence electrons. The van der Waals surface area contributed by atoms with Gasteiger partial charge in [-0.15, -0.1) is 0 Å². The summed E-state index contributed by atoms with van der Waals surface area (Å²) in [7, 11) is -3.51. The molecule has 0 N–H and O–H groups in total. The van der Waals surface area contributed by atoms with Gasteiger partial charge >= 0.3 is 0 Å². The van der Waals surface area contributed by atoms with E-state index in [-0.39, 0.29) is 11.3 Å². The zero-order valence-corrected chi connectivity index (χ0v) is 14.9. The van der Waals surface area contributed by atoms with Crippen molar-refractivity contribution in [2.24, 2.45) is 0 Å². The van der Waals surface area contributed by atoms with Crippen molar-refractivity contribution in [1.82, 2.24) is 4.31 Å². The Hall–Kier alpha value is -1.37. The van der Waals surface area contributed by atoms with Crippen molar-refractivity contribution in [2.75, 3.05) is 18.8 Å². The largest absolute Gasteiger partial charge is 0.218 e. The van der Waals surface area contributed by atoms with Crippen molar-refractivity contribution in [3.8, 4) is 0 Å². The number of sulfonamides is 1. The molecule has 1 aliphatic heterocycles. The number of rotatable bonds is 4. The van der Waals surface area contributed by atoms with E-state index in [1.807, 2.05) is 18.2 Å². The molecule has 2 aromatic rings. The van der Waals surface area contributed by atoms with Gasteiger partial charge in [0.25, 0.3) is 0 Å². The average Bonchev–Trinajstić information content (AvgIpc) is 2.84. The van der Waals surface area contributed by atoms with Gasteiger partial charge in [-0.25, -0.2) is 17.1 Å². The Morgan fingerprint density at radius 3 is 2.50 bits per heavy atom. The smallest absolute Gasteiger partial charge is 0.212 e. The lowest BCUT2D eigenvalue weighted by atomic mass is 10.1. The van der Waals surface area contributed by atoms with Crippen LogP contribution >= 0.6 is 11.8 Å². The number of thioether (sulfide) groups is 1. The normalized spacial score (nSPS) is 19.8. The van der Waals surface area contributed by atoms with Crippen LogP contribution in [-0.2, 0) is 15.8 Å². The van der Waals surface area contributed by atoms with Crippen molar-refractivity contribution in [3.05, 3.63) is 71.5 Å². The molecule has 3 nitrogen and oxygen atoms in total. The van der Waals surface area contributed by atoms with E-state index in [0.717, 1.165) is 12.2 Å². The molecule has 0 aliphatic carbocycles. The average molecular weight is 365 g/mol. The van der Waals surface area contributed by atoms with Crippen LogP contribution in [-0.4, -0.2) is 31.6 Å². The molecule has 1 heterocycles. The molecule has 1 atom stereocenters. The predicted molar refractivity (Wildman–Crippen MR) is 96.9 cm³/mol. The van der Waals surface area contributed by atoms with Crippen molar-refractivity contribution < 1.29 is 12.8 Å². The topological polar surface area (TPSA) is 37.4 Å². The van der Waals surface area contributed by atoms with Crippen LogP contribution in [0, 0.1) is 5.82 Å². The highest BCUT2D eigenvalue weighted by Crippen LogP contribution is 2.35. The monoisotopic (exact) mass is 365 g/mol. The minimum Gasteiger partial charge on any atom is -0.212 e. The summed E-state index contributed by atoms with van der Waals surface area (Å²) >= 11 is 1.79. The van der Waals surface area contributed by atoms with Crippen LogP contribution in [0.5, 0.6) is 0 Å². The molecular weight excluding hydrogens is 345 g/mol. The van der Waals surface area contributed by atoms with Crippen LogP contribution in [0.2, 0.25) is 0 Å². The standard InChI is InChI=1S/C18H20FNO2S2/c19-17-9-5-4-8-16(17)14-24(21,22)20-11-10-18(23-13-12-20)15-6-2-1-3-7-15/h1-9,18H,10-14H2. The Balaban J connectivity index is 1.70. The number of hydrogen-bond donors (Lipinski definition) is 0. The van der Waals surface area contributed by atoms with Crippen molar-refractivity contribution in [1.29, 1.82) is 0 Å². The first-order chi connectivity index (χ1) is 11.6. The van der Waals surface area contributed by atoms with E-state index in [2.05, 4.69) is 12.1 Å². The zero-order chi connectivity index (χ0) is 17.0. The Morgan fingerprint density at radius 2 is 1.75 bits per heavy atom. The molecule has 0 amide bonds. The summed E-state index contributed by atoms with van der Waals surface area (Å²) in [5.41, 5.74) is 1.46. The first kappa shape index (κ1) is 17.5. The lowest BCUT2D eigenvalue weighted by Gasteiger charge is -2.20. The van der Waals surface area contributed by atoms with E-state index >= 15 is 0 Å². The molecule has 0 spiro atoms. The van der Waals surface area contributed by atoms with Gasteiger partial charge < -0.3 is 0 Å². The van der Waals surface area contributed by atoms with E-state index in [9.17, 15) is 12.8 Å². The molecule has 1 aliphatic rings. The van der Waals surface area contributed by atoms with Crippen LogP contribution in [0.25, 0.3) is 0 Å². The maximum absolute atomic E-state index is 13.8. The summed E-state index contributed by atoms with van der Waals surface area (Å²) in [5, 5.41) is 0.305. The second kappa shape index (κ2) is 7.68. The van der Waals surface area contributed by atoms with E-state index in [1.54, 1.807) is 23.9 Å². The molecule has 3 rings (SSSR count). The summed E-state index contributed by atoms with van der Waals surface area (Å²) in [4.78, 5) is 0. The van der Waals surface area contributed by atoms with Crippen LogP contribution in [0.15, 0.2) is 54.6 Å². The SMILES string of the molecule is O=S(=O)(Cc1ccccc1F)N1CCSC(c2ccccc2)CC1. The third-order valence-corrected chi connectivity index (χ3v) is 7.32. The Morgan fingerprint density at radius 1 is 1.04 bits per heavy atom. The fraction of sp³-hybridized carbons (Fsp3) is 0.333. The maximum atomic E-state index is 13.8. The number of benzene rings is 2. The molecular formula is C18H20FNO2S2. The molecule has 1 unspecified atom stereocenters. The summed E-state index contributed by atoms with van der Waals surface area (Å²) in [6.45, 7) is 0.953. The lowest BCUT2D eigenvalue weighted by Crippen LogP contribution is -2.34. The number of hydrogen-bond acceptors (Lipinski definition) is 3. The van der Waals surface area contributed by atoms with Crippen LogP contribution in [0.4, 0.5) is 4.39 Å². The maximum Gasteiger partial charge on any atom is 0.218 e. The van der Waals surface area contributed by atoms with E-state index in [4.69, 9.17) is 0 Å². The van der Waals surface area contributed by atoms with Gasteiger partial charge in [0, 0.05) is 29.7 Å². The molecule has 6 heteroatoms. The third kappa shape index (κ3) is 4.18. The summed E-state index contributed by atoms with van der Waals surface area (Å²) < 4.78 is 40.6. The first-order valence-electron chi connectivity index (χ1n) is 7.94. The third-order valence-electron chi connectivity index (χ3n) is 4.16. The van der Waals surface area contributed by atoms with Crippen LogP contribution in [0.3, 0.4) is 0 Å². The van der Waals surface area contributed by atoms with Crippen molar-refractivity contribution in [2.45, 2.75) is 17.4 Å². The van der Waals surface area contributed by atoms with Gasteiger partial charge in [-0.2, -0.15) is 11.8 Å². The fourth-order valence-electron chi connectivity index (χ4n) is 2.87. The van der Waals surface area contributed by atoms with E-state index in [1.165, 1.54) is 22.0 Å². The number of nitrogens with zero attached hydrogens (tertiary/aromatic N) is 1. The van der Waals surface area contributed by atoms with Gasteiger partial charge in [0.05, 0.1) is 5.75 Å². The second-order valence-corrected chi connectivity index (χ2v) is 9.08. The van der Waals surface area contributed by atoms with Crippen LogP contribution < -0.4 is 0 Å². The van der Waals surface area contributed by atoms with Crippen molar-refractivity contribution >= 4 is 21.8 Å². The fourth-order valence-corrected chi connectivity index (χ4v) is 5.78. The summed E-state index contributed by atoms with van der Waals surface area (Å²) in [6, 6.07) is 16.2. The summed E-state index contributed by atoms with van der Waals surface area (Å²) in [6.07, 6.45) is 0.769. The molecule has 0 saturated carbocycles. The zero-order valence-electron chi connectivity index (χ0n) is 13.3. The van der Waals surface area contributed by atoms with Gasteiger partial charge in [-0.1, -0.05) is 48.5 Å². The minimum atomic E-state index is -3.51. The second-order valence-electron chi connectivity index (χ2n) is 5.81. The van der Waals surface area contributed by atoms with E-state index < -0.39 is 15.8 Å².